The minimum Gasteiger partial charge on any atom is -0.486 e. The fraction of sp³-hybridized carbons (Fsp3) is 0.190. The van der Waals surface area contributed by atoms with Crippen LogP contribution in [0.4, 0.5) is 5.69 Å². The molecule has 29 heavy (non-hydrogen) atoms. The van der Waals surface area contributed by atoms with Gasteiger partial charge in [0.2, 0.25) is 0 Å². The topological polar surface area (TPSA) is 92.4 Å². The number of thiazole rings is 1. The zero-order chi connectivity index (χ0) is 20.6. The number of amides is 2. The maximum atomic E-state index is 12.1. The minimum atomic E-state index is -0.480. The van der Waals surface area contributed by atoms with Crippen molar-refractivity contribution in [2.24, 2.45) is 0 Å². The monoisotopic (exact) mass is 410 g/mol. The smallest absolute Gasteiger partial charge is 0.289 e. The van der Waals surface area contributed by atoms with Crippen molar-refractivity contribution in [2.45, 2.75) is 20.5 Å². The number of nitrogens with zero attached hydrogens (tertiary/aromatic N) is 1. The van der Waals surface area contributed by atoms with E-state index in [0.29, 0.717) is 5.01 Å². The van der Waals surface area contributed by atoms with Gasteiger partial charge in [-0.15, -0.1) is 11.3 Å². The number of aryl methyl sites for hydroxylation is 2. The van der Waals surface area contributed by atoms with E-state index in [2.05, 4.69) is 21.2 Å². The van der Waals surface area contributed by atoms with E-state index >= 15 is 0 Å². The van der Waals surface area contributed by atoms with Gasteiger partial charge in [0, 0.05) is 11.1 Å². The Morgan fingerprint density at radius 1 is 0.966 bits per heavy atom. The number of benzene rings is 2. The molecule has 0 bridgehead atoms. The van der Waals surface area contributed by atoms with Gasteiger partial charge in [0.15, 0.2) is 0 Å². The summed E-state index contributed by atoms with van der Waals surface area (Å²) in [7, 11) is 0. The molecule has 2 aromatic carbocycles. The second-order valence-electron chi connectivity index (χ2n) is 6.45. The zero-order valence-corrected chi connectivity index (χ0v) is 17.0. The standard InChI is InChI=1S/C21H22N4O3S/c1-14-3-7-16(8-4-14)22-11-19(26)24-25-21(27)18-13-29-20(23-18)12-28-17-9-5-15(2)6-10-17/h3-10,13,22H,11-12H2,1-2H3,(H,24,26)(H,25,27). The van der Waals surface area contributed by atoms with Crippen molar-refractivity contribution in [3.63, 3.8) is 0 Å². The Labute approximate surface area is 173 Å². The maximum Gasteiger partial charge on any atom is 0.289 e. The summed E-state index contributed by atoms with van der Waals surface area (Å²) in [5.74, 6) is -0.103. The van der Waals surface area contributed by atoms with Crippen LogP contribution >= 0.6 is 11.3 Å². The number of carbonyl (C=O) groups excluding carboxylic acids is 2. The van der Waals surface area contributed by atoms with Crippen LogP contribution in [0.2, 0.25) is 0 Å². The largest absolute Gasteiger partial charge is 0.486 e. The first-order chi connectivity index (χ1) is 14.0. The van der Waals surface area contributed by atoms with E-state index < -0.39 is 5.91 Å². The number of aromatic nitrogens is 1. The molecule has 0 atom stereocenters. The molecule has 0 spiro atoms. The van der Waals surface area contributed by atoms with Crippen LogP contribution < -0.4 is 20.9 Å². The lowest BCUT2D eigenvalue weighted by Crippen LogP contribution is -2.44. The third-order valence-corrected chi connectivity index (χ3v) is 4.81. The molecule has 8 heteroatoms. The molecule has 7 nitrogen and oxygen atoms in total. The molecule has 1 heterocycles. The molecule has 0 saturated carbocycles. The Balaban J connectivity index is 1.41. The van der Waals surface area contributed by atoms with E-state index in [4.69, 9.17) is 4.74 Å². The number of nitrogens with one attached hydrogen (secondary N) is 3. The number of hydrogen-bond acceptors (Lipinski definition) is 6. The average molecular weight is 410 g/mol. The van der Waals surface area contributed by atoms with Crippen LogP contribution in [0.1, 0.15) is 26.6 Å². The Morgan fingerprint density at radius 3 is 2.31 bits per heavy atom. The predicted molar refractivity (Wildman–Crippen MR) is 113 cm³/mol. The van der Waals surface area contributed by atoms with Crippen LogP contribution in [-0.2, 0) is 11.4 Å². The summed E-state index contributed by atoms with van der Waals surface area (Å²) in [5, 5.41) is 5.28. The van der Waals surface area contributed by atoms with Crippen LogP contribution in [0.15, 0.2) is 53.9 Å². The normalized spacial score (nSPS) is 10.3. The Bertz CT molecular complexity index is 968. The van der Waals surface area contributed by atoms with Gasteiger partial charge in [-0.3, -0.25) is 20.4 Å². The van der Waals surface area contributed by atoms with Crippen molar-refractivity contribution in [3.8, 4) is 5.75 Å². The highest BCUT2D eigenvalue weighted by atomic mass is 32.1. The van der Waals surface area contributed by atoms with Gasteiger partial charge < -0.3 is 10.1 Å². The van der Waals surface area contributed by atoms with E-state index in [-0.39, 0.29) is 24.8 Å². The molecule has 3 N–H and O–H groups in total. The molecule has 0 unspecified atom stereocenters. The predicted octanol–water partition coefficient (Wildman–Crippen LogP) is 3.21. The number of carbonyl (C=O) groups is 2. The molecule has 3 aromatic rings. The summed E-state index contributed by atoms with van der Waals surface area (Å²) < 4.78 is 5.66. The second-order valence-corrected chi connectivity index (χ2v) is 7.39. The molecule has 3 rings (SSSR count). The molecular formula is C21H22N4O3S. The van der Waals surface area contributed by atoms with E-state index in [9.17, 15) is 9.59 Å². The number of hydrazine groups is 1. The van der Waals surface area contributed by atoms with Crippen LogP contribution in [0.5, 0.6) is 5.75 Å². The highest BCUT2D eigenvalue weighted by molar-refractivity contribution is 7.09. The summed E-state index contributed by atoms with van der Waals surface area (Å²) >= 11 is 1.32. The fourth-order valence-electron chi connectivity index (χ4n) is 2.35. The lowest BCUT2D eigenvalue weighted by atomic mass is 10.2. The molecule has 0 aliphatic carbocycles. The van der Waals surface area contributed by atoms with Crippen molar-refractivity contribution in [1.29, 1.82) is 0 Å². The first-order valence-electron chi connectivity index (χ1n) is 9.03. The van der Waals surface area contributed by atoms with Gasteiger partial charge >= 0.3 is 0 Å². The van der Waals surface area contributed by atoms with E-state index in [1.54, 1.807) is 5.38 Å². The van der Waals surface area contributed by atoms with Gasteiger partial charge in [0.1, 0.15) is 23.1 Å². The van der Waals surface area contributed by atoms with Gasteiger partial charge in [-0.05, 0) is 38.1 Å². The van der Waals surface area contributed by atoms with Crippen molar-refractivity contribution in [2.75, 3.05) is 11.9 Å². The highest BCUT2D eigenvalue weighted by Crippen LogP contribution is 2.16. The van der Waals surface area contributed by atoms with Crippen LogP contribution in [-0.4, -0.2) is 23.3 Å². The number of hydrogen-bond donors (Lipinski definition) is 3. The van der Waals surface area contributed by atoms with Crippen molar-refractivity contribution in [3.05, 3.63) is 75.7 Å². The summed E-state index contributed by atoms with van der Waals surface area (Å²) in [5.41, 5.74) is 8.08. The first-order valence-corrected chi connectivity index (χ1v) is 9.91. The van der Waals surface area contributed by atoms with Crippen LogP contribution in [0.3, 0.4) is 0 Å². The van der Waals surface area contributed by atoms with Crippen molar-refractivity contribution >= 4 is 28.8 Å². The average Bonchev–Trinajstić information content (AvgIpc) is 3.20. The molecular weight excluding hydrogens is 388 g/mol. The SMILES string of the molecule is Cc1ccc(NCC(=O)NNC(=O)c2csc(COc3ccc(C)cc3)n2)cc1. The molecule has 0 saturated heterocycles. The third kappa shape index (κ3) is 6.32. The molecule has 0 fully saturated rings. The van der Waals surface area contributed by atoms with Crippen LogP contribution in [0.25, 0.3) is 0 Å². The molecule has 150 valence electrons. The minimum absolute atomic E-state index is 0.0377. The third-order valence-electron chi connectivity index (χ3n) is 3.99. The number of rotatable bonds is 7. The van der Waals surface area contributed by atoms with E-state index in [1.165, 1.54) is 11.3 Å². The number of anilines is 1. The summed E-state index contributed by atoms with van der Waals surface area (Å²) in [6, 6.07) is 15.4. The summed E-state index contributed by atoms with van der Waals surface area (Å²) in [4.78, 5) is 28.3. The molecule has 2 amide bonds. The maximum absolute atomic E-state index is 12.1. The number of ether oxygens (including phenoxy) is 1. The van der Waals surface area contributed by atoms with E-state index in [1.807, 2.05) is 62.4 Å². The Hall–Kier alpha value is -3.39. The summed E-state index contributed by atoms with van der Waals surface area (Å²) in [6.07, 6.45) is 0. The van der Waals surface area contributed by atoms with Gasteiger partial charge in [-0.2, -0.15) is 0 Å². The quantitative estimate of drug-likeness (QED) is 0.520. The lowest BCUT2D eigenvalue weighted by molar-refractivity contribution is -0.120. The van der Waals surface area contributed by atoms with Crippen molar-refractivity contribution in [1.82, 2.24) is 15.8 Å². The molecule has 1 aromatic heterocycles. The molecule has 0 radical (unpaired) electrons. The summed E-state index contributed by atoms with van der Waals surface area (Å²) in [6.45, 7) is 4.31. The van der Waals surface area contributed by atoms with E-state index in [0.717, 1.165) is 22.6 Å². The van der Waals surface area contributed by atoms with Gasteiger partial charge in [-0.1, -0.05) is 35.4 Å². The van der Waals surface area contributed by atoms with Crippen LogP contribution in [0, 0.1) is 13.8 Å². The van der Waals surface area contributed by atoms with Gasteiger partial charge in [-0.25, -0.2) is 4.98 Å². The zero-order valence-electron chi connectivity index (χ0n) is 16.2. The Morgan fingerprint density at radius 2 is 1.62 bits per heavy atom. The lowest BCUT2D eigenvalue weighted by Gasteiger charge is -2.08. The Kier molecular flexibility index (Phi) is 6.80. The van der Waals surface area contributed by atoms with Gasteiger partial charge in [0.05, 0.1) is 6.54 Å². The molecule has 0 aliphatic heterocycles. The fourth-order valence-corrected chi connectivity index (χ4v) is 3.03. The first kappa shape index (κ1) is 20.3. The van der Waals surface area contributed by atoms with Crippen molar-refractivity contribution < 1.29 is 14.3 Å². The second kappa shape index (κ2) is 9.70. The molecule has 0 aliphatic rings. The van der Waals surface area contributed by atoms with Gasteiger partial charge in [0.25, 0.3) is 11.8 Å². The highest BCUT2D eigenvalue weighted by Gasteiger charge is 2.12.